The lowest BCUT2D eigenvalue weighted by Gasteiger charge is -2.32. The summed E-state index contributed by atoms with van der Waals surface area (Å²) in [6.45, 7) is 1.86. The van der Waals surface area contributed by atoms with E-state index in [-0.39, 0.29) is 24.7 Å². The van der Waals surface area contributed by atoms with E-state index >= 15 is 0 Å². The Morgan fingerprint density at radius 2 is 2.10 bits per heavy atom. The number of furan rings is 1. The monoisotopic (exact) mass is 302 g/mol. The molecule has 1 saturated heterocycles. The molecule has 2 heterocycles. The van der Waals surface area contributed by atoms with Crippen molar-refractivity contribution in [1.29, 1.82) is 0 Å². The zero-order valence-electron chi connectivity index (χ0n) is 11.1. The van der Waals surface area contributed by atoms with Crippen molar-refractivity contribution in [2.24, 2.45) is 0 Å². The van der Waals surface area contributed by atoms with Crippen LogP contribution in [0.5, 0.6) is 0 Å². The molecule has 112 valence electrons. The summed E-state index contributed by atoms with van der Waals surface area (Å²) in [6.07, 6.45) is 4.79. The first-order chi connectivity index (χ1) is 9.16. The lowest BCUT2D eigenvalue weighted by Crippen LogP contribution is -2.45. The van der Waals surface area contributed by atoms with E-state index in [4.69, 9.17) is 9.52 Å². The van der Waals surface area contributed by atoms with E-state index in [9.17, 15) is 9.59 Å². The van der Waals surface area contributed by atoms with Gasteiger partial charge in [-0.3, -0.25) is 9.59 Å². The summed E-state index contributed by atoms with van der Waals surface area (Å²) in [6, 6.07) is 1.97. The average Bonchev–Trinajstić information content (AvgIpc) is 2.92. The van der Waals surface area contributed by atoms with Gasteiger partial charge in [0.15, 0.2) is 0 Å². The van der Waals surface area contributed by atoms with Crippen molar-refractivity contribution in [3.63, 3.8) is 0 Å². The largest absolute Gasteiger partial charge is 0.481 e. The van der Waals surface area contributed by atoms with Crippen molar-refractivity contribution in [2.45, 2.75) is 25.3 Å². The quantitative estimate of drug-likeness (QED) is 0.858. The Hall–Kier alpha value is -1.53. The first-order valence-corrected chi connectivity index (χ1v) is 6.43. The fourth-order valence-corrected chi connectivity index (χ4v) is 2.24. The van der Waals surface area contributed by atoms with Gasteiger partial charge in [-0.15, -0.1) is 12.4 Å². The van der Waals surface area contributed by atoms with Crippen LogP contribution in [0.15, 0.2) is 23.0 Å². The minimum Gasteiger partial charge on any atom is -0.481 e. The standard InChI is InChI=1S/C13H18N2O4.ClH/c16-12(17)1-5-14-11-2-6-15(7-3-11)13(18)10-4-8-19-9-10;/h4,8-9,11,14H,1-3,5-7H2,(H,16,17);1H. The van der Waals surface area contributed by atoms with Crippen molar-refractivity contribution < 1.29 is 19.1 Å². The molecular weight excluding hydrogens is 284 g/mol. The number of carboxylic acids is 1. The molecule has 1 aliphatic rings. The Morgan fingerprint density at radius 3 is 2.65 bits per heavy atom. The van der Waals surface area contributed by atoms with E-state index in [0.717, 1.165) is 12.8 Å². The summed E-state index contributed by atoms with van der Waals surface area (Å²) in [5, 5.41) is 11.8. The van der Waals surface area contributed by atoms with Gasteiger partial charge in [-0.25, -0.2) is 0 Å². The highest BCUT2D eigenvalue weighted by Crippen LogP contribution is 2.14. The minimum absolute atomic E-state index is 0. The summed E-state index contributed by atoms with van der Waals surface area (Å²) in [5.74, 6) is -0.794. The summed E-state index contributed by atoms with van der Waals surface area (Å²) in [7, 11) is 0. The molecule has 0 atom stereocenters. The average molecular weight is 303 g/mol. The minimum atomic E-state index is -0.792. The normalized spacial score (nSPS) is 15.7. The predicted octanol–water partition coefficient (Wildman–Crippen LogP) is 1.37. The van der Waals surface area contributed by atoms with Crippen LogP contribution in [0.4, 0.5) is 0 Å². The highest BCUT2D eigenvalue weighted by atomic mass is 35.5. The second-order valence-electron chi connectivity index (χ2n) is 4.68. The molecule has 0 unspecified atom stereocenters. The highest BCUT2D eigenvalue weighted by Gasteiger charge is 2.23. The maximum atomic E-state index is 12.0. The third kappa shape index (κ3) is 4.54. The molecule has 0 spiro atoms. The fraction of sp³-hybridized carbons (Fsp3) is 0.538. The van der Waals surface area contributed by atoms with Crippen molar-refractivity contribution in [1.82, 2.24) is 10.2 Å². The van der Waals surface area contributed by atoms with Crippen LogP contribution in [0.3, 0.4) is 0 Å². The van der Waals surface area contributed by atoms with E-state index in [1.54, 1.807) is 11.0 Å². The Kier molecular flexibility index (Phi) is 6.54. The molecule has 1 aliphatic heterocycles. The topological polar surface area (TPSA) is 82.8 Å². The zero-order chi connectivity index (χ0) is 13.7. The second kappa shape index (κ2) is 7.91. The number of carboxylic acid groups (broad SMARTS) is 1. The summed E-state index contributed by atoms with van der Waals surface area (Å²) in [4.78, 5) is 24.3. The first-order valence-electron chi connectivity index (χ1n) is 6.43. The third-order valence-electron chi connectivity index (χ3n) is 3.32. The van der Waals surface area contributed by atoms with Gasteiger partial charge in [-0.1, -0.05) is 0 Å². The molecule has 0 bridgehead atoms. The number of hydrogen-bond acceptors (Lipinski definition) is 4. The van der Waals surface area contributed by atoms with Gasteiger partial charge in [0.25, 0.3) is 5.91 Å². The number of aliphatic carboxylic acids is 1. The number of carbonyl (C=O) groups excluding carboxylic acids is 1. The van der Waals surface area contributed by atoms with Gasteiger partial charge in [0, 0.05) is 25.7 Å². The molecule has 0 saturated carbocycles. The van der Waals surface area contributed by atoms with Crippen molar-refractivity contribution >= 4 is 24.3 Å². The zero-order valence-corrected chi connectivity index (χ0v) is 11.9. The fourth-order valence-electron chi connectivity index (χ4n) is 2.24. The van der Waals surface area contributed by atoms with Gasteiger partial charge >= 0.3 is 5.97 Å². The van der Waals surface area contributed by atoms with E-state index < -0.39 is 5.97 Å². The molecule has 1 aromatic rings. The molecule has 7 heteroatoms. The summed E-state index contributed by atoms with van der Waals surface area (Å²) >= 11 is 0. The molecule has 0 aromatic carbocycles. The van der Waals surface area contributed by atoms with E-state index in [1.807, 2.05) is 0 Å². The first kappa shape index (κ1) is 16.5. The molecular formula is C13H19ClN2O4. The second-order valence-corrected chi connectivity index (χ2v) is 4.68. The van der Waals surface area contributed by atoms with Gasteiger partial charge in [0.05, 0.1) is 18.2 Å². The molecule has 1 aromatic heterocycles. The Bertz CT molecular complexity index is 428. The number of carbonyl (C=O) groups is 2. The van der Waals surface area contributed by atoms with Crippen LogP contribution in [0, 0.1) is 0 Å². The van der Waals surface area contributed by atoms with Gasteiger partial charge in [0.1, 0.15) is 6.26 Å². The number of nitrogens with zero attached hydrogens (tertiary/aromatic N) is 1. The molecule has 6 nitrogen and oxygen atoms in total. The number of likely N-dealkylation sites (tertiary alicyclic amines) is 1. The number of rotatable bonds is 5. The number of amides is 1. The molecule has 0 radical (unpaired) electrons. The van der Waals surface area contributed by atoms with E-state index in [0.29, 0.717) is 31.2 Å². The third-order valence-corrected chi connectivity index (χ3v) is 3.32. The summed E-state index contributed by atoms with van der Waals surface area (Å²) < 4.78 is 4.91. The number of nitrogens with one attached hydrogen (secondary N) is 1. The lowest BCUT2D eigenvalue weighted by atomic mass is 10.0. The van der Waals surface area contributed by atoms with Gasteiger partial charge in [-0.05, 0) is 18.9 Å². The molecule has 2 N–H and O–H groups in total. The SMILES string of the molecule is Cl.O=C(O)CCNC1CCN(C(=O)c2ccoc2)CC1. The van der Waals surface area contributed by atoms with Crippen molar-refractivity contribution in [3.8, 4) is 0 Å². The smallest absolute Gasteiger partial charge is 0.304 e. The van der Waals surface area contributed by atoms with E-state index in [1.165, 1.54) is 12.5 Å². The molecule has 2 rings (SSSR count). The molecule has 1 amide bonds. The highest BCUT2D eigenvalue weighted by molar-refractivity contribution is 5.93. The maximum Gasteiger partial charge on any atom is 0.304 e. The number of halogens is 1. The van der Waals surface area contributed by atoms with Crippen LogP contribution in [0.1, 0.15) is 29.6 Å². The summed E-state index contributed by atoms with van der Waals surface area (Å²) in [5.41, 5.74) is 0.581. The molecule has 0 aliphatic carbocycles. The number of piperidine rings is 1. The van der Waals surface area contributed by atoms with Crippen LogP contribution >= 0.6 is 12.4 Å². The van der Waals surface area contributed by atoms with Crippen molar-refractivity contribution in [2.75, 3.05) is 19.6 Å². The Labute approximate surface area is 123 Å². The van der Waals surface area contributed by atoms with Crippen LogP contribution in [-0.2, 0) is 4.79 Å². The number of hydrogen-bond donors (Lipinski definition) is 2. The van der Waals surface area contributed by atoms with Crippen LogP contribution in [-0.4, -0.2) is 47.6 Å². The maximum absolute atomic E-state index is 12.0. The Balaban J connectivity index is 0.00000200. The van der Waals surface area contributed by atoms with Crippen molar-refractivity contribution in [3.05, 3.63) is 24.2 Å². The van der Waals surface area contributed by atoms with Crippen LogP contribution < -0.4 is 5.32 Å². The molecule has 1 fully saturated rings. The predicted molar refractivity (Wildman–Crippen MR) is 75.1 cm³/mol. The van der Waals surface area contributed by atoms with Gasteiger partial charge < -0.3 is 19.7 Å². The Morgan fingerprint density at radius 1 is 1.40 bits per heavy atom. The lowest BCUT2D eigenvalue weighted by molar-refractivity contribution is -0.136. The van der Waals surface area contributed by atoms with E-state index in [2.05, 4.69) is 5.32 Å². The van der Waals surface area contributed by atoms with Crippen LogP contribution in [0.2, 0.25) is 0 Å². The molecule has 20 heavy (non-hydrogen) atoms. The van der Waals surface area contributed by atoms with Gasteiger partial charge in [-0.2, -0.15) is 0 Å². The van der Waals surface area contributed by atoms with Gasteiger partial charge in [0.2, 0.25) is 0 Å². The van der Waals surface area contributed by atoms with Crippen LogP contribution in [0.25, 0.3) is 0 Å².